The number of hydrogen-bond donors (Lipinski definition) is 2. The van der Waals surface area contributed by atoms with Gasteiger partial charge in [0.15, 0.2) is 0 Å². The van der Waals surface area contributed by atoms with Crippen molar-refractivity contribution in [2.45, 2.75) is 39.2 Å². The topological polar surface area (TPSA) is 84.5 Å². The molecule has 1 amide bonds. The van der Waals surface area contributed by atoms with Crippen LogP contribution < -0.4 is 14.8 Å². The smallest absolute Gasteiger partial charge is 0.251 e. The van der Waals surface area contributed by atoms with Gasteiger partial charge in [-0.2, -0.15) is 0 Å². The lowest BCUT2D eigenvalue weighted by Crippen LogP contribution is -2.31. The summed E-state index contributed by atoms with van der Waals surface area (Å²) >= 11 is 0. The number of sulfonamides is 1. The monoisotopic (exact) mass is 446 g/mol. The Bertz CT molecular complexity index is 1150. The van der Waals surface area contributed by atoms with E-state index in [4.69, 9.17) is 4.74 Å². The standard InChI is InChI=1S/C23H27FN2O4S/c1-14(15-7-9-20(19(24)11-15)26-31(5,28)29)25-22(27)17-10-16-6-8-18(23(2,3)4)12-21(16)30-13-17/h6-12,14,26H,13H2,1-5H3,(H,25,27)/t14-/m1/s1. The predicted octanol–water partition coefficient (Wildman–Crippen LogP) is 4.15. The zero-order chi connectivity index (χ0) is 23.0. The Balaban J connectivity index is 1.73. The van der Waals surface area contributed by atoms with E-state index in [9.17, 15) is 17.6 Å². The molecule has 2 aromatic carbocycles. The number of anilines is 1. The molecular formula is C23H27FN2O4S. The van der Waals surface area contributed by atoms with E-state index >= 15 is 0 Å². The fourth-order valence-electron chi connectivity index (χ4n) is 3.22. The maximum atomic E-state index is 14.2. The van der Waals surface area contributed by atoms with Crippen LogP contribution in [0.5, 0.6) is 5.75 Å². The predicted molar refractivity (Wildman–Crippen MR) is 120 cm³/mol. The number of hydrogen-bond acceptors (Lipinski definition) is 4. The number of rotatable bonds is 5. The molecule has 8 heteroatoms. The summed E-state index contributed by atoms with van der Waals surface area (Å²) in [6.45, 7) is 8.25. The second-order valence-electron chi connectivity index (χ2n) is 8.77. The van der Waals surface area contributed by atoms with Crippen molar-refractivity contribution >= 4 is 27.7 Å². The number of carbonyl (C=O) groups excluding carboxylic acids is 1. The van der Waals surface area contributed by atoms with Crippen molar-refractivity contribution in [2.24, 2.45) is 0 Å². The molecule has 2 aromatic rings. The molecule has 6 nitrogen and oxygen atoms in total. The molecular weight excluding hydrogens is 419 g/mol. The average Bonchev–Trinajstić information content (AvgIpc) is 2.66. The van der Waals surface area contributed by atoms with E-state index in [1.165, 1.54) is 12.1 Å². The number of ether oxygens (including phenoxy) is 1. The Kier molecular flexibility index (Phi) is 6.14. The molecule has 0 bridgehead atoms. The summed E-state index contributed by atoms with van der Waals surface area (Å²) in [6.07, 6.45) is 2.75. The number of halogens is 1. The largest absolute Gasteiger partial charge is 0.488 e. The summed E-state index contributed by atoms with van der Waals surface area (Å²) in [6, 6.07) is 9.58. The van der Waals surface area contributed by atoms with Crippen LogP contribution in [-0.2, 0) is 20.2 Å². The zero-order valence-corrected chi connectivity index (χ0v) is 19.1. The van der Waals surface area contributed by atoms with Gasteiger partial charge in [-0.3, -0.25) is 9.52 Å². The van der Waals surface area contributed by atoms with Gasteiger partial charge < -0.3 is 10.1 Å². The second kappa shape index (κ2) is 8.34. The third-order valence-corrected chi connectivity index (χ3v) is 5.61. The molecule has 1 aliphatic rings. The normalized spacial score (nSPS) is 14.7. The molecule has 166 valence electrons. The van der Waals surface area contributed by atoms with Crippen molar-refractivity contribution < 1.29 is 22.3 Å². The number of fused-ring (bicyclic) bond motifs is 1. The molecule has 2 N–H and O–H groups in total. The summed E-state index contributed by atoms with van der Waals surface area (Å²) in [5.41, 5.74) is 2.82. The van der Waals surface area contributed by atoms with Crippen molar-refractivity contribution in [3.63, 3.8) is 0 Å². The van der Waals surface area contributed by atoms with Crippen LogP contribution in [0.25, 0.3) is 6.08 Å². The Labute approximate surface area is 182 Å². The lowest BCUT2D eigenvalue weighted by molar-refractivity contribution is -0.118. The van der Waals surface area contributed by atoms with Crippen molar-refractivity contribution in [2.75, 3.05) is 17.6 Å². The third kappa shape index (κ3) is 5.64. The molecule has 0 saturated carbocycles. The summed E-state index contributed by atoms with van der Waals surface area (Å²) in [5, 5.41) is 2.83. The van der Waals surface area contributed by atoms with Crippen molar-refractivity contribution in [1.29, 1.82) is 0 Å². The van der Waals surface area contributed by atoms with Gasteiger partial charge in [-0.1, -0.05) is 39.0 Å². The van der Waals surface area contributed by atoms with Crippen LogP contribution >= 0.6 is 0 Å². The fourth-order valence-corrected chi connectivity index (χ4v) is 3.78. The maximum Gasteiger partial charge on any atom is 0.251 e. The minimum absolute atomic E-state index is 0.00313. The van der Waals surface area contributed by atoms with E-state index in [0.717, 1.165) is 23.1 Å². The highest BCUT2D eigenvalue weighted by Gasteiger charge is 2.22. The zero-order valence-electron chi connectivity index (χ0n) is 18.2. The Morgan fingerprint density at radius 2 is 1.87 bits per heavy atom. The summed E-state index contributed by atoms with van der Waals surface area (Å²) < 4.78 is 44.8. The van der Waals surface area contributed by atoms with E-state index in [-0.39, 0.29) is 23.6 Å². The Morgan fingerprint density at radius 1 is 1.16 bits per heavy atom. The number of nitrogens with one attached hydrogen (secondary N) is 2. The van der Waals surface area contributed by atoms with Crippen LogP contribution in [0, 0.1) is 5.82 Å². The van der Waals surface area contributed by atoms with Gasteiger partial charge in [0, 0.05) is 5.56 Å². The Morgan fingerprint density at radius 3 is 2.48 bits per heavy atom. The quantitative estimate of drug-likeness (QED) is 0.723. The van der Waals surface area contributed by atoms with Crippen molar-refractivity contribution in [3.8, 4) is 5.75 Å². The van der Waals surface area contributed by atoms with E-state index in [1.807, 2.05) is 18.2 Å². The maximum absolute atomic E-state index is 14.2. The first-order valence-corrected chi connectivity index (χ1v) is 11.8. The molecule has 1 atom stereocenters. The minimum Gasteiger partial charge on any atom is -0.488 e. The van der Waals surface area contributed by atoms with E-state index in [2.05, 4.69) is 30.8 Å². The average molecular weight is 447 g/mol. The van der Waals surface area contributed by atoms with E-state index in [1.54, 1.807) is 19.1 Å². The molecule has 0 spiro atoms. The van der Waals surface area contributed by atoms with Gasteiger partial charge in [-0.15, -0.1) is 0 Å². The molecule has 0 unspecified atom stereocenters. The van der Waals surface area contributed by atoms with E-state index < -0.39 is 21.9 Å². The van der Waals surface area contributed by atoms with Crippen LogP contribution in [0.15, 0.2) is 42.0 Å². The van der Waals surface area contributed by atoms with Crippen LogP contribution in [-0.4, -0.2) is 27.2 Å². The lowest BCUT2D eigenvalue weighted by Gasteiger charge is -2.24. The SMILES string of the molecule is C[C@@H](NC(=O)C1=Cc2ccc(C(C)(C)C)cc2OC1)c1ccc(NS(C)(=O)=O)c(F)c1. The molecule has 1 heterocycles. The summed E-state index contributed by atoms with van der Waals surface area (Å²) in [4.78, 5) is 12.7. The van der Waals surface area contributed by atoms with Crippen LogP contribution in [0.4, 0.5) is 10.1 Å². The summed E-state index contributed by atoms with van der Waals surface area (Å²) in [5.74, 6) is -0.280. The molecule has 0 aliphatic carbocycles. The van der Waals surface area contributed by atoms with Gasteiger partial charge in [-0.25, -0.2) is 12.8 Å². The van der Waals surface area contributed by atoms with Gasteiger partial charge in [0.2, 0.25) is 10.0 Å². The molecule has 3 rings (SSSR count). The summed E-state index contributed by atoms with van der Waals surface area (Å²) in [7, 11) is -3.58. The van der Waals surface area contributed by atoms with Gasteiger partial charge in [0.25, 0.3) is 5.91 Å². The second-order valence-corrected chi connectivity index (χ2v) is 10.5. The molecule has 0 fully saturated rings. The molecule has 1 aliphatic heterocycles. The van der Waals surface area contributed by atoms with E-state index in [0.29, 0.717) is 11.1 Å². The highest BCUT2D eigenvalue weighted by Crippen LogP contribution is 2.32. The van der Waals surface area contributed by atoms with Crippen LogP contribution in [0.2, 0.25) is 0 Å². The highest BCUT2D eigenvalue weighted by atomic mass is 32.2. The van der Waals surface area contributed by atoms with Crippen LogP contribution in [0.3, 0.4) is 0 Å². The van der Waals surface area contributed by atoms with Crippen LogP contribution in [0.1, 0.15) is 50.4 Å². The molecule has 0 saturated heterocycles. The first-order valence-electron chi connectivity index (χ1n) is 9.89. The van der Waals surface area contributed by atoms with Gasteiger partial charge in [0.05, 0.1) is 23.6 Å². The first kappa shape index (κ1) is 22.8. The van der Waals surface area contributed by atoms with Gasteiger partial charge >= 0.3 is 0 Å². The van der Waals surface area contributed by atoms with Gasteiger partial charge in [-0.05, 0) is 47.7 Å². The van der Waals surface area contributed by atoms with Crippen molar-refractivity contribution in [3.05, 3.63) is 64.5 Å². The molecule has 0 aromatic heterocycles. The first-order chi connectivity index (χ1) is 14.3. The minimum atomic E-state index is -3.58. The fraction of sp³-hybridized carbons (Fsp3) is 0.348. The molecule has 0 radical (unpaired) electrons. The lowest BCUT2D eigenvalue weighted by atomic mass is 9.86. The third-order valence-electron chi connectivity index (χ3n) is 5.02. The number of carbonyl (C=O) groups is 1. The Hall–Kier alpha value is -2.87. The number of amides is 1. The highest BCUT2D eigenvalue weighted by molar-refractivity contribution is 7.92. The van der Waals surface area contributed by atoms with Crippen molar-refractivity contribution in [1.82, 2.24) is 5.32 Å². The number of benzene rings is 2. The molecule has 31 heavy (non-hydrogen) atoms. The van der Waals surface area contributed by atoms with Gasteiger partial charge in [0.1, 0.15) is 18.2 Å².